The molecule has 0 spiro atoms. The number of fused-ring (bicyclic) bond motifs is 4. The van der Waals surface area contributed by atoms with Gasteiger partial charge in [0.2, 0.25) is 5.60 Å². The van der Waals surface area contributed by atoms with Crippen molar-refractivity contribution in [3.05, 3.63) is 101 Å². The number of hydrogen-bond acceptors (Lipinski definition) is 7. The zero-order chi connectivity index (χ0) is 31.8. The number of halogens is 4. The van der Waals surface area contributed by atoms with Gasteiger partial charge in [0.15, 0.2) is 0 Å². The van der Waals surface area contributed by atoms with E-state index in [0.717, 1.165) is 25.0 Å². The monoisotopic (exact) mass is 631 g/mol. The highest BCUT2D eigenvalue weighted by molar-refractivity contribution is 6.00. The molecule has 9 nitrogen and oxygen atoms in total. The summed E-state index contributed by atoms with van der Waals surface area (Å²) in [6.45, 7) is -1.24. The molecule has 2 aliphatic carbocycles. The number of H-pyrrole nitrogens is 1. The Morgan fingerprint density at radius 3 is 2.65 bits per heavy atom. The van der Waals surface area contributed by atoms with E-state index in [1.54, 1.807) is 30.6 Å². The third-order valence-electron chi connectivity index (χ3n) is 8.83. The van der Waals surface area contributed by atoms with Crippen molar-refractivity contribution in [1.82, 2.24) is 25.5 Å². The number of ether oxygens (including phenoxy) is 2. The van der Waals surface area contributed by atoms with Gasteiger partial charge in [0.25, 0.3) is 5.91 Å². The van der Waals surface area contributed by atoms with Crippen LogP contribution in [-0.2, 0) is 11.0 Å². The van der Waals surface area contributed by atoms with E-state index in [-0.39, 0.29) is 23.1 Å². The van der Waals surface area contributed by atoms with Crippen LogP contribution in [0.15, 0.2) is 73.1 Å². The highest BCUT2D eigenvalue weighted by Crippen LogP contribution is 2.64. The molecule has 2 fully saturated rings. The topological polar surface area (TPSA) is 122 Å². The third kappa shape index (κ3) is 4.48. The van der Waals surface area contributed by atoms with Gasteiger partial charge in [0.05, 0.1) is 29.5 Å². The molecule has 4 heterocycles. The second kappa shape index (κ2) is 9.98. The zero-order valence-corrected chi connectivity index (χ0v) is 23.9. The Hall–Kier alpha value is -5.04. The lowest BCUT2D eigenvalue weighted by Gasteiger charge is -2.31. The summed E-state index contributed by atoms with van der Waals surface area (Å²) in [6, 6.07) is 14.3. The molecule has 3 aliphatic rings. The van der Waals surface area contributed by atoms with Crippen molar-refractivity contribution in [2.24, 2.45) is 0 Å². The lowest BCUT2D eigenvalue weighted by atomic mass is 9.87. The van der Waals surface area contributed by atoms with E-state index >= 15 is 0 Å². The molecule has 8 rings (SSSR count). The summed E-state index contributed by atoms with van der Waals surface area (Å²) in [5.74, 6) is -0.814. The third-order valence-corrected chi connectivity index (χ3v) is 8.83. The minimum absolute atomic E-state index is 0.00695. The van der Waals surface area contributed by atoms with Crippen LogP contribution >= 0.6 is 0 Å². The SMILES string of the molecule is O=C(NCC(O)(c1cc2c(c(-c3ccc(F)cc3)n1)OC1C[C@@]21c1cc[nH]n1)C(F)(F)F)c1cc(OC2CC2)c2ncccc2c1. The normalized spacial score (nSPS) is 21.2. The highest BCUT2D eigenvalue weighted by Gasteiger charge is 2.67. The number of aromatic amines is 1. The molecule has 2 unspecified atom stereocenters. The molecule has 0 radical (unpaired) electrons. The Morgan fingerprint density at radius 2 is 1.93 bits per heavy atom. The number of amides is 1. The van der Waals surface area contributed by atoms with Crippen molar-refractivity contribution >= 4 is 16.8 Å². The number of carbonyl (C=O) groups is 1. The first-order valence-corrected chi connectivity index (χ1v) is 14.7. The van der Waals surface area contributed by atoms with Gasteiger partial charge in [-0.1, -0.05) is 6.07 Å². The van der Waals surface area contributed by atoms with E-state index in [0.29, 0.717) is 39.9 Å². The van der Waals surface area contributed by atoms with E-state index in [1.807, 2.05) is 0 Å². The fourth-order valence-electron chi connectivity index (χ4n) is 6.11. The van der Waals surface area contributed by atoms with Crippen LogP contribution in [0.2, 0.25) is 0 Å². The standard InChI is InChI=1S/C33H25F4N5O4/c34-20-5-3-17(4-6-20)28-29-22(31(15-26(31)46-29)24-9-11-40-42-24)14-25(41-28)32(44,33(35,36)37)16-39-30(43)19-12-18-2-1-10-38-27(18)23(13-19)45-21-7-8-21/h1-6,9-14,21,26,44H,7-8,15-16H2,(H,39,43)(H,40,42)/t26?,31-,32?/m0/s1. The first-order valence-electron chi connectivity index (χ1n) is 14.7. The maximum atomic E-state index is 14.9. The van der Waals surface area contributed by atoms with Crippen LogP contribution in [0.1, 0.15) is 46.6 Å². The molecule has 1 aliphatic heterocycles. The Kier molecular flexibility index (Phi) is 6.17. The van der Waals surface area contributed by atoms with Crippen molar-refractivity contribution < 1.29 is 36.9 Å². The number of pyridine rings is 2. The average Bonchev–Trinajstić information content (AvgIpc) is 3.90. The molecule has 0 saturated heterocycles. The van der Waals surface area contributed by atoms with Crippen molar-refractivity contribution in [2.75, 3.05) is 6.54 Å². The summed E-state index contributed by atoms with van der Waals surface area (Å²) in [6.07, 6.45) is -0.340. The fourth-order valence-corrected chi connectivity index (χ4v) is 6.11. The molecular formula is C33H25F4N5O4. The lowest BCUT2D eigenvalue weighted by Crippen LogP contribution is -2.51. The largest absolute Gasteiger partial charge is 0.488 e. The van der Waals surface area contributed by atoms with Gasteiger partial charge in [-0.3, -0.25) is 14.9 Å². The minimum atomic E-state index is -5.27. The Balaban J connectivity index is 1.19. The molecule has 2 saturated carbocycles. The van der Waals surface area contributed by atoms with Crippen molar-refractivity contribution in [1.29, 1.82) is 0 Å². The molecule has 1 amide bonds. The molecule has 234 valence electrons. The molecular weight excluding hydrogens is 606 g/mol. The van der Waals surface area contributed by atoms with Crippen LogP contribution in [0.3, 0.4) is 0 Å². The predicted molar refractivity (Wildman–Crippen MR) is 156 cm³/mol. The van der Waals surface area contributed by atoms with Gasteiger partial charge < -0.3 is 19.9 Å². The van der Waals surface area contributed by atoms with E-state index in [2.05, 4.69) is 25.5 Å². The molecule has 5 aromatic rings. The van der Waals surface area contributed by atoms with Crippen LogP contribution in [0.25, 0.3) is 22.2 Å². The number of benzene rings is 2. The molecule has 0 bridgehead atoms. The second-order valence-corrected chi connectivity index (χ2v) is 11.9. The molecule has 13 heteroatoms. The van der Waals surface area contributed by atoms with E-state index in [9.17, 15) is 27.5 Å². The average molecular weight is 632 g/mol. The first kappa shape index (κ1) is 28.4. The van der Waals surface area contributed by atoms with Crippen LogP contribution in [0.5, 0.6) is 11.5 Å². The summed E-state index contributed by atoms with van der Waals surface area (Å²) in [5.41, 5.74) is -3.41. The number of alkyl halides is 3. The molecule has 3 aromatic heterocycles. The summed E-state index contributed by atoms with van der Waals surface area (Å²) in [5, 5.41) is 21.3. The summed E-state index contributed by atoms with van der Waals surface area (Å²) >= 11 is 0. The van der Waals surface area contributed by atoms with Crippen LogP contribution in [0, 0.1) is 5.82 Å². The number of carbonyl (C=O) groups excluding carboxylic acids is 1. The zero-order valence-electron chi connectivity index (χ0n) is 23.9. The van der Waals surface area contributed by atoms with Gasteiger partial charge >= 0.3 is 6.18 Å². The quantitative estimate of drug-likeness (QED) is 0.198. The number of rotatable bonds is 8. The fraction of sp³-hybridized carbons (Fsp3) is 0.273. The highest BCUT2D eigenvalue weighted by atomic mass is 19.4. The van der Waals surface area contributed by atoms with Gasteiger partial charge in [-0.2, -0.15) is 18.3 Å². The van der Waals surface area contributed by atoms with Gasteiger partial charge in [0, 0.05) is 40.9 Å². The number of nitrogens with zero attached hydrogens (tertiary/aromatic N) is 3. The van der Waals surface area contributed by atoms with Crippen molar-refractivity contribution in [3.8, 4) is 22.8 Å². The van der Waals surface area contributed by atoms with E-state index in [1.165, 1.54) is 30.3 Å². The van der Waals surface area contributed by atoms with Gasteiger partial charge in [0.1, 0.15) is 34.6 Å². The molecule has 46 heavy (non-hydrogen) atoms. The van der Waals surface area contributed by atoms with Gasteiger partial charge in [-0.25, -0.2) is 9.37 Å². The Bertz CT molecular complexity index is 2000. The molecule has 3 atom stereocenters. The summed E-state index contributed by atoms with van der Waals surface area (Å²) < 4.78 is 70.6. The summed E-state index contributed by atoms with van der Waals surface area (Å²) in [4.78, 5) is 22.0. The van der Waals surface area contributed by atoms with E-state index < -0.39 is 47.3 Å². The maximum absolute atomic E-state index is 14.9. The van der Waals surface area contributed by atoms with Crippen LogP contribution in [0.4, 0.5) is 17.6 Å². The second-order valence-electron chi connectivity index (χ2n) is 11.9. The predicted octanol–water partition coefficient (Wildman–Crippen LogP) is 5.33. The van der Waals surface area contributed by atoms with Crippen molar-refractivity contribution in [3.63, 3.8) is 0 Å². The van der Waals surface area contributed by atoms with Gasteiger partial charge in [-0.15, -0.1) is 0 Å². The van der Waals surface area contributed by atoms with Crippen molar-refractivity contribution in [2.45, 2.75) is 48.7 Å². The number of nitrogens with one attached hydrogen (secondary N) is 2. The summed E-state index contributed by atoms with van der Waals surface area (Å²) in [7, 11) is 0. The molecule has 2 aromatic carbocycles. The maximum Gasteiger partial charge on any atom is 0.424 e. The lowest BCUT2D eigenvalue weighted by molar-refractivity contribution is -0.265. The molecule has 3 N–H and O–H groups in total. The smallest absolute Gasteiger partial charge is 0.424 e. The minimum Gasteiger partial charge on any atom is -0.488 e. The van der Waals surface area contributed by atoms with Crippen LogP contribution < -0.4 is 14.8 Å². The van der Waals surface area contributed by atoms with E-state index in [4.69, 9.17) is 9.47 Å². The Labute approximate surface area is 258 Å². The number of aromatic nitrogens is 4. The first-order chi connectivity index (χ1) is 22.1. The number of hydrogen-bond donors (Lipinski definition) is 3. The van der Waals surface area contributed by atoms with Crippen LogP contribution in [-0.4, -0.2) is 56.1 Å². The number of aliphatic hydroxyl groups is 1. The van der Waals surface area contributed by atoms with Gasteiger partial charge in [-0.05, 0) is 67.4 Å². The Morgan fingerprint density at radius 1 is 1.13 bits per heavy atom.